The molecule has 1 aliphatic heterocycles. The Bertz CT molecular complexity index is 1150. The molecule has 4 fully saturated rings. The minimum atomic E-state index is -0.946. The molecule has 7 rings (SSSR count). The van der Waals surface area contributed by atoms with E-state index in [1.54, 1.807) is 19.2 Å². The minimum Gasteiger partial charge on any atom is -0.488 e. The van der Waals surface area contributed by atoms with E-state index in [0.29, 0.717) is 25.6 Å². The van der Waals surface area contributed by atoms with Crippen molar-refractivity contribution in [2.24, 2.45) is 17.8 Å². The van der Waals surface area contributed by atoms with Crippen molar-refractivity contribution in [2.75, 3.05) is 33.7 Å². The lowest BCUT2D eigenvalue weighted by Crippen LogP contribution is -2.48. The van der Waals surface area contributed by atoms with Crippen molar-refractivity contribution >= 4 is 17.6 Å². The van der Waals surface area contributed by atoms with Crippen LogP contribution in [0.4, 0.5) is 0 Å². The second-order valence-corrected chi connectivity index (χ2v) is 11.1. The average molecular weight is 491 g/mol. The molecule has 0 unspecified atom stereocenters. The number of carboxylic acids is 1. The van der Waals surface area contributed by atoms with Crippen LogP contribution in [0.2, 0.25) is 0 Å². The molecule has 6 nitrogen and oxygen atoms in total. The number of benzene rings is 2. The van der Waals surface area contributed by atoms with Crippen molar-refractivity contribution in [3.05, 3.63) is 58.7 Å². The van der Waals surface area contributed by atoms with Crippen molar-refractivity contribution in [3.63, 3.8) is 0 Å². The lowest BCUT2D eigenvalue weighted by Gasteiger charge is -2.57. The van der Waals surface area contributed by atoms with Crippen LogP contribution in [0.5, 0.6) is 11.5 Å². The number of carboxylic acid groups (broad SMARTS) is 1. The van der Waals surface area contributed by atoms with Gasteiger partial charge in [0.1, 0.15) is 18.1 Å². The number of methoxy groups -OCH3 is 1. The number of fused-ring (bicyclic) bond motifs is 1. The number of rotatable bonds is 9. The summed E-state index contributed by atoms with van der Waals surface area (Å²) in [6, 6.07) is 11.6. The Kier molecular flexibility index (Phi) is 6.26. The minimum absolute atomic E-state index is 0.178. The van der Waals surface area contributed by atoms with Gasteiger partial charge < -0.3 is 24.1 Å². The summed E-state index contributed by atoms with van der Waals surface area (Å²) in [5.74, 6) is 3.10. The Morgan fingerprint density at radius 3 is 2.47 bits per heavy atom. The van der Waals surface area contributed by atoms with Crippen LogP contribution in [-0.4, -0.2) is 44.8 Å². The van der Waals surface area contributed by atoms with Crippen LogP contribution in [-0.2, 0) is 14.9 Å². The maximum absolute atomic E-state index is 11.3. The van der Waals surface area contributed by atoms with E-state index in [-0.39, 0.29) is 17.8 Å². The lowest BCUT2D eigenvalue weighted by molar-refractivity contribution is -0.0189. The van der Waals surface area contributed by atoms with Crippen LogP contribution in [0.25, 0.3) is 11.6 Å². The summed E-state index contributed by atoms with van der Waals surface area (Å²) in [6.07, 6.45) is 10.0. The predicted octanol–water partition coefficient (Wildman–Crippen LogP) is 5.78. The van der Waals surface area contributed by atoms with Crippen molar-refractivity contribution in [3.8, 4) is 11.5 Å². The Balaban J connectivity index is 1.33. The van der Waals surface area contributed by atoms with Gasteiger partial charge in [0.05, 0.1) is 18.8 Å². The fourth-order valence-electron chi connectivity index (χ4n) is 7.48. The van der Waals surface area contributed by atoms with Crippen LogP contribution in [0.3, 0.4) is 0 Å². The summed E-state index contributed by atoms with van der Waals surface area (Å²) >= 11 is 0. The highest BCUT2D eigenvalue weighted by molar-refractivity contribution is 5.91. The van der Waals surface area contributed by atoms with Gasteiger partial charge in [0.25, 0.3) is 0 Å². The van der Waals surface area contributed by atoms with Crippen LogP contribution in [0, 0.1) is 17.8 Å². The van der Waals surface area contributed by atoms with E-state index in [1.807, 2.05) is 6.07 Å². The Morgan fingerprint density at radius 1 is 1.03 bits per heavy atom. The van der Waals surface area contributed by atoms with Crippen molar-refractivity contribution in [2.45, 2.75) is 43.9 Å². The third-order valence-corrected chi connectivity index (χ3v) is 8.66. The third-order valence-electron chi connectivity index (χ3n) is 8.66. The van der Waals surface area contributed by atoms with Gasteiger partial charge in [-0.25, -0.2) is 4.79 Å². The van der Waals surface area contributed by atoms with Crippen LogP contribution in [0.1, 0.15) is 65.6 Å². The highest BCUT2D eigenvalue weighted by Gasteiger charge is 2.52. The molecule has 4 bridgehead atoms. The number of ether oxygens (including phenoxy) is 4. The van der Waals surface area contributed by atoms with E-state index >= 15 is 0 Å². The molecule has 0 aromatic heterocycles. The summed E-state index contributed by atoms with van der Waals surface area (Å²) in [4.78, 5) is 11.3. The molecule has 1 heterocycles. The smallest absolute Gasteiger partial charge is 0.335 e. The van der Waals surface area contributed by atoms with Gasteiger partial charge in [-0.05, 0) is 103 Å². The number of carbonyl (C=O) groups is 1. The second-order valence-electron chi connectivity index (χ2n) is 11.1. The highest BCUT2D eigenvalue weighted by atomic mass is 16.7. The molecule has 0 atom stereocenters. The summed E-state index contributed by atoms with van der Waals surface area (Å²) in [7, 11) is 1.67. The van der Waals surface area contributed by atoms with Gasteiger partial charge in [0.2, 0.25) is 0 Å². The number of hydrogen-bond acceptors (Lipinski definition) is 5. The molecule has 2 aromatic carbocycles. The summed E-state index contributed by atoms with van der Waals surface area (Å²) in [5, 5.41) is 9.30. The lowest BCUT2D eigenvalue weighted by atomic mass is 9.48. The van der Waals surface area contributed by atoms with Gasteiger partial charge in [-0.2, -0.15) is 0 Å². The van der Waals surface area contributed by atoms with E-state index in [4.69, 9.17) is 18.9 Å². The van der Waals surface area contributed by atoms with E-state index < -0.39 is 5.97 Å². The Labute approximate surface area is 212 Å². The monoisotopic (exact) mass is 490 g/mol. The zero-order chi connectivity index (χ0) is 24.7. The highest BCUT2D eigenvalue weighted by Crippen LogP contribution is 2.62. The summed E-state index contributed by atoms with van der Waals surface area (Å²) in [5.41, 5.74) is 4.88. The van der Waals surface area contributed by atoms with Gasteiger partial charge in [0, 0.05) is 18.2 Å². The van der Waals surface area contributed by atoms with Crippen LogP contribution >= 0.6 is 0 Å². The van der Waals surface area contributed by atoms with Gasteiger partial charge in [0.15, 0.2) is 6.79 Å². The van der Waals surface area contributed by atoms with Crippen LogP contribution < -0.4 is 9.47 Å². The molecule has 190 valence electrons. The van der Waals surface area contributed by atoms with Crippen molar-refractivity contribution in [1.29, 1.82) is 0 Å². The fraction of sp³-hybridized carbons (Fsp3) is 0.500. The molecule has 1 N–H and O–H groups in total. The fourth-order valence-corrected chi connectivity index (χ4v) is 7.48. The zero-order valence-electron chi connectivity index (χ0n) is 20.8. The van der Waals surface area contributed by atoms with Gasteiger partial charge in [-0.15, -0.1) is 0 Å². The standard InChI is InChI=1S/C30H34O6/c1-33-6-7-34-18-36-27-5-4-22(25-11-23-2-3-24(29(31)32)13-28(23)35-17-25)12-26(27)30-14-19-8-20(15-30)10-21(9-19)16-30/h2-5,11-13,19-21H,6-10,14-18H2,1H3,(H,31,32). The number of aromatic carboxylic acids is 1. The van der Waals surface area contributed by atoms with E-state index in [1.165, 1.54) is 44.1 Å². The Hall–Kier alpha value is -2.83. The molecule has 0 amide bonds. The quantitative estimate of drug-likeness (QED) is 0.355. The second kappa shape index (κ2) is 9.56. The van der Waals surface area contributed by atoms with Gasteiger partial charge >= 0.3 is 5.97 Å². The molecular weight excluding hydrogens is 456 g/mol. The first-order valence-corrected chi connectivity index (χ1v) is 13.1. The molecule has 0 spiro atoms. The molecule has 4 aliphatic carbocycles. The first kappa shape index (κ1) is 23.6. The number of hydrogen-bond donors (Lipinski definition) is 1. The predicted molar refractivity (Wildman–Crippen MR) is 136 cm³/mol. The first-order valence-electron chi connectivity index (χ1n) is 13.1. The molecule has 5 aliphatic rings. The molecular formula is C30H34O6. The zero-order valence-corrected chi connectivity index (χ0v) is 20.8. The molecule has 0 saturated heterocycles. The maximum atomic E-state index is 11.3. The van der Waals surface area contributed by atoms with Crippen LogP contribution in [0.15, 0.2) is 36.4 Å². The molecule has 6 heteroatoms. The Morgan fingerprint density at radius 2 is 1.78 bits per heavy atom. The molecule has 2 aromatic rings. The van der Waals surface area contributed by atoms with Gasteiger partial charge in [-0.1, -0.05) is 12.1 Å². The third kappa shape index (κ3) is 4.41. The van der Waals surface area contributed by atoms with Crippen molar-refractivity contribution < 1.29 is 28.8 Å². The normalized spacial score (nSPS) is 27.8. The topological polar surface area (TPSA) is 74.2 Å². The summed E-state index contributed by atoms with van der Waals surface area (Å²) in [6.45, 7) is 1.69. The van der Waals surface area contributed by atoms with Gasteiger partial charge in [-0.3, -0.25) is 0 Å². The van der Waals surface area contributed by atoms with E-state index in [9.17, 15) is 9.90 Å². The molecule has 36 heavy (non-hydrogen) atoms. The molecule has 4 saturated carbocycles. The SMILES string of the molecule is COCCOCOc1ccc(C2=Cc3ccc(C(=O)O)cc3OC2)cc1C12CC3CC(CC(C3)C1)C2. The van der Waals surface area contributed by atoms with E-state index in [2.05, 4.69) is 24.3 Å². The van der Waals surface area contributed by atoms with E-state index in [0.717, 1.165) is 40.2 Å². The molecule has 0 radical (unpaired) electrons. The first-order chi connectivity index (χ1) is 17.5. The van der Waals surface area contributed by atoms with Crippen molar-refractivity contribution in [1.82, 2.24) is 0 Å². The largest absolute Gasteiger partial charge is 0.488 e. The maximum Gasteiger partial charge on any atom is 0.335 e. The summed E-state index contributed by atoms with van der Waals surface area (Å²) < 4.78 is 23.0. The average Bonchev–Trinajstić information content (AvgIpc) is 2.87.